The van der Waals surface area contributed by atoms with Crippen LogP contribution in [-0.2, 0) is 14.3 Å². The van der Waals surface area contributed by atoms with Crippen LogP contribution in [0.3, 0.4) is 0 Å². The maximum absolute atomic E-state index is 12.5. The molecule has 1 rings (SSSR count). The summed E-state index contributed by atoms with van der Waals surface area (Å²) in [5.41, 5.74) is -0.289. The Morgan fingerprint density at radius 2 is 1.96 bits per heavy atom. The monoisotopic (exact) mass is 411 g/mol. The Hall–Kier alpha value is -2.94. The largest absolute Gasteiger partial charge is 0.451 e. The van der Waals surface area contributed by atoms with E-state index in [2.05, 4.69) is 17.2 Å². The number of ether oxygens (including phenoxy) is 1. The number of amides is 2. The van der Waals surface area contributed by atoms with Gasteiger partial charge in [0.15, 0.2) is 6.10 Å². The first kappa shape index (κ1) is 23.1. The quantitative estimate of drug-likeness (QED) is 0.277. The molecular weight excluding hydrogens is 390 g/mol. The number of benzene rings is 1. The Kier molecular flexibility index (Phi) is 8.59. The van der Waals surface area contributed by atoms with Crippen LogP contribution in [0.25, 0.3) is 0 Å². The summed E-state index contributed by atoms with van der Waals surface area (Å²) in [5, 5.41) is 15.6. The molecule has 0 unspecified atom stereocenters. The van der Waals surface area contributed by atoms with E-state index in [4.69, 9.17) is 16.3 Å². The summed E-state index contributed by atoms with van der Waals surface area (Å²) in [5.74, 6) is -2.33. The molecule has 1 aromatic carbocycles. The van der Waals surface area contributed by atoms with Crippen LogP contribution in [0, 0.1) is 16.0 Å². The predicted molar refractivity (Wildman–Crippen MR) is 103 cm³/mol. The highest BCUT2D eigenvalue weighted by atomic mass is 35.5. The lowest BCUT2D eigenvalue weighted by Crippen LogP contribution is -2.47. The van der Waals surface area contributed by atoms with Gasteiger partial charge in [-0.3, -0.25) is 19.7 Å². The Labute approximate surface area is 167 Å². The molecule has 10 heteroatoms. The minimum Gasteiger partial charge on any atom is -0.451 e. The van der Waals surface area contributed by atoms with Gasteiger partial charge < -0.3 is 15.4 Å². The third-order valence-corrected chi connectivity index (χ3v) is 4.01. The number of halogens is 1. The third kappa shape index (κ3) is 6.34. The van der Waals surface area contributed by atoms with E-state index in [-0.39, 0.29) is 28.7 Å². The van der Waals surface area contributed by atoms with Gasteiger partial charge in [-0.1, -0.05) is 31.5 Å². The molecule has 0 aliphatic carbocycles. The molecule has 0 saturated heterocycles. The van der Waals surface area contributed by atoms with E-state index in [0.29, 0.717) is 0 Å². The van der Waals surface area contributed by atoms with Crippen molar-refractivity contribution in [1.29, 1.82) is 0 Å². The van der Waals surface area contributed by atoms with Crippen LogP contribution in [0.4, 0.5) is 5.69 Å². The Balaban J connectivity index is 2.88. The van der Waals surface area contributed by atoms with Crippen molar-refractivity contribution in [2.75, 3.05) is 6.54 Å². The van der Waals surface area contributed by atoms with Crippen molar-refractivity contribution < 1.29 is 24.0 Å². The lowest BCUT2D eigenvalue weighted by atomic mass is 10.0. The van der Waals surface area contributed by atoms with E-state index in [0.717, 1.165) is 12.1 Å². The first-order valence-electron chi connectivity index (χ1n) is 8.42. The molecule has 0 aliphatic rings. The highest BCUT2D eigenvalue weighted by Gasteiger charge is 2.29. The van der Waals surface area contributed by atoms with Gasteiger partial charge in [0.2, 0.25) is 0 Å². The van der Waals surface area contributed by atoms with Gasteiger partial charge in [-0.15, -0.1) is 6.58 Å². The normalized spacial score (nSPS) is 12.6. The van der Waals surface area contributed by atoms with E-state index < -0.39 is 34.9 Å². The molecular formula is C18H22ClN3O6. The molecule has 2 amide bonds. The number of nitro benzene ring substituents is 1. The maximum Gasteiger partial charge on any atom is 0.329 e. The molecule has 0 aromatic heterocycles. The average Bonchev–Trinajstić information content (AvgIpc) is 2.63. The summed E-state index contributed by atoms with van der Waals surface area (Å²) >= 11 is 5.94. The number of non-ortho nitro benzene ring substituents is 1. The van der Waals surface area contributed by atoms with Gasteiger partial charge in [-0.25, -0.2) is 4.79 Å². The standard InChI is InChI=1S/C18H22ClN3O6/c1-5-8-20-16(23)11(4)28-18(25)15(10(2)3)21-17(24)13-7-6-12(22(26)27)9-14(13)19/h5-7,9-11,15H,1,8H2,2-4H3,(H,20,23)(H,21,24)/t11-,15-/m0/s1. The van der Waals surface area contributed by atoms with Crippen LogP contribution in [0.5, 0.6) is 0 Å². The van der Waals surface area contributed by atoms with Gasteiger partial charge in [0.1, 0.15) is 6.04 Å². The zero-order valence-electron chi connectivity index (χ0n) is 15.7. The van der Waals surface area contributed by atoms with Crippen LogP contribution in [-0.4, -0.2) is 41.4 Å². The summed E-state index contributed by atoms with van der Waals surface area (Å²) in [7, 11) is 0. The molecule has 28 heavy (non-hydrogen) atoms. The van der Waals surface area contributed by atoms with E-state index in [1.807, 2.05) is 0 Å². The van der Waals surface area contributed by atoms with Gasteiger partial charge in [0, 0.05) is 18.7 Å². The number of esters is 1. The average molecular weight is 412 g/mol. The Bertz CT molecular complexity index is 781. The summed E-state index contributed by atoms with van der Waals surface area (Å²) in [4.78, 5) is 46.8. The van der Waals surface area contributed by atoms with Gasteiger partial charge in [-0.05, 0) is 18.9 Å². The highest BCUT2D eigenvalue weighted by molar-refractivity contribution is 6.34. The second kappa shape index (κ2) is 10.4. The zero-order valence-corrected chi connectivity index (χ0v) is 16.5. The van der Waals surface area contributed by atoms with Crippen LogP contribution < -0.4 is 10.6 Å². The van der Waals surface area contributed by atoms with Crippen molar-refractivity contribution in [2.24, 2.45) is 5.92 Å². The fourth-order valence-corrected chi connectivity index (χ4v) is 2.40. The van der Waals surface area contributed by atoms with Gasteiger partial charge in [-0.2, -0.15) is 0 Å². The molecule has 0 fully saturated rings. The van der Waals surface area contributed by atoms with Crippen molar-refractivity contribution in [3.63, 3.8) is 0 Å². The van der Waals surface area contributed by atoms with Crippen LogP contribution >= 0.6 is 11.6 Å². The minimum atomic E-state index is -1.06. The number of carbonyl (C=O) groups excluding carboxylic acids is 3. The van der Waals surface area contributed by atoms with E-state index in [1.165, 1.54) is 19.1 Å². The van der Waals surface area contributed by atoms with Crippen molar-refractivity contribution >= 4 is 35.1 Å². The summed E-state index contributed by atoms with van der Waals surface area (Å²) in [6, 6.07) is 2.33. The number of nitrogens with one attached hydrogen (secondary N) is 2. The van der Waals surface area contributed by atoms with Crippen molar-refractivity contribution in [3.05, 3.63) is 51.6 Å². The van der Waals surface area contributed by atoms with Crippen LogP contribution in [0.15, 0.2) is 30.9 Å². The molecule has 152 valence electrons. The lowest BCUT2D eigenvalue weighted by molar-refractivity contribution is -0.384. The first-order chi connectivity index (χ1) is 13.1. The van der Waals surface area contributed by atoms with Gasteiger partial charge in [0.25, 0.3) is 17.5 Å². The molecule has 9 nitrogen and oxygen atoms in total. The van der Waals surface area contributed by atoms with Crippen LogP contribution in [0.1, 0.15) is 31.1 Å². The first-order valence-corrected chi connectivity index (χ1v) is 8.80. The SMILES string of the molecule is C=CCNC(=O)[C@H](C)OC(=O)[C@@H](NC(=O)c1ccc([N+](=O)[O-])cc1Cl)C(C)C. The Morgan fingerprint density at radius 1 is 1.32 bits per heavy atom. The summed E-state index contributed by atoms with van der Waals surface area (Å²) < 4.78 is 5.13. The molecule has 0 bridgehead atoms. The number of rotatable bonds is 9. The second-order valence-corrected chi connectivity index (χ2v) is 6.64. The topological polar surface area (TPSA) is 128 Å². The Morgan fingerprint density at radius 3 is 2.46 bits per heavy atom. The minimum absolute atomic E-state index is 0.0255. The maximum atomic E-state index is 12.5. The number of hydrogen-bond donors (Lipinski definition) is 2. The number of hydrogen-bond acceptors (Lipinski definition) is 6. The highest BCUT2D eigenvalue weighted by Crippen LogP contribution is 2.22. The van der Waals surface area contributed by atoms with Crippen molar-refractivity contribution in [3.8, 4) is 0 Å². The van der Waals surface area contributed by atoms with Crippen LogP contribution in [0.2, 0.25) is 5.02 Å². The van der Waals surface area contributed by atoms with Crippen molar-refractivity contribution in [1.82, 2.24) is 10.6 Å². The van der Waals surface area contributed by atoms with Gasteiger partial charge in [0.05, 0.1) is 15.5 Å². The number of nitrogens with zero attached hydrogens (tertiary/aromatic N) is 1. The number of nitro groups is 1. The number of carbonyl (C=O) groups is 3. The summed E-state index contributed by atoms with van der Waals surface area (Å²) in [6.45, 7) is 8.47. The smallest absolute Gasteiger partial charge is 0.329 e. The molecule has 0 aliphatic heterocycles. The zero-order chi connectivity index (χ0) is 21.4. The van der Waals surface area contributed by atoms with E-state index in [9.17, 15) is 24.5 Å². The molecule has 0 heterocycles. The molecule has 0 spiro atoms. The van der Waals surface area contributed by atoms with Gasteiger partial charge >= 0.3 is 5.97 Å². The molecule has 0 saturated carbocycles. The van der Waals surface area contributed by atoms with E-state index in [1.54, 1.807) is 13.8 Å². The molecule has 0 radical (unpaired) electrons. The predicted octanol–water partition coefficient (Wildman–Crippen LogP) is 2.24. The molecule has 2 atom stereocenters. The lowest BCUT2D eigenvalue weighted by Gasteiger charge is -2.23. The molecule has 1 aromatic rings. The molecule has 2 N–H and O–H groups in total. The fraction of sp³-hybridized carbons (Fsp3) is 0.389. The van der Waals surface area contributed by atoms with Crippen molar-refractivity contribution in [2.45, 2.75) is 32.9 Å². The second-order valence-electron chi connectivity index (χ2n) is 6.23. The van der Waals surface area contributed by atoms with E-state index >= 15 is 0 Å². The summed E-state index contributed by atoms with van der Waals surface area (Å²) in [6.07, 6.45) is 0.422. The third-order valence-electron chi connectivity index (χ3n) is 3.70. The fourth-order valence-electron chi connectivity index (χ4n) is 2.14.